The van der Waals surface area contributed by atoms with Crippen molar-refractivity contribution in [2.75, 3.05) is 0 Å². The predicted molar refractivity (Wildman–Crippen MR) is 75.0 cm³/mol. The summed E-state index contributed by atoms with van der Waals surface area (Å²) in [5.41, 5.74) is 7.28. The van der Waals surface area contributed by atoms with Crippen LogP contribution in [0.2, 0.25) is 0 Å². The van der Waals surface area contributed by atoms with Crippen molar-refractivity contribution in [1.29, 1.82) is 0 Å². The Balaban J connectivity index is 0.00000133. The first kappa shape index (κ1) is 14.0. The van der Waals surface area contributed by atoms with E-state index in [0.717, 1.165) is 24.6 Å². The maximum Gasteiger partial charge on any atom is 0.243 e. The minimum atomic E-state index is -0.215. The van der Waals surface area contributed by atoms with Crippen LogP contribution in [-0.4, -0.2) is 10.1 Å². The molecule has 5 heteroatoms. The van der Waals surface area contributed by atoms with Crippen LogP contribution in [0.25, 0.3) is 0 Å². The molecule has 4 nitrogen and oxygen atoms in total. The number of rotatable bonds is 5. The Labute approximate surface area is 118 Å². The first-order chi connectivity index (χ1) is 8.81. The highest BCUT2D eigenvalue weighted by Gasteiger charge is 2.24. The zero-order valence-corrected chi connectivity index (χ0v) is 11.5. The van der Waals surface area contributed by atoms with E-state index in [2.05, 4.69) is 22.3 Å². The smallest absolute Gasteiger partial charge is 0.243 e. The average Bonchev–Trinajstić information content (AvgIpc) is 3.06. The van der Waals surface area contributed by atoms with Gasteiger partial charge in [0.25, 0.3) is 0 Å². The number of nitrogens with zero attached hydrogens (tertiary/aromatic N) is 2. The van der Waals surface area contributed by atoms with Crippen molar-refractivity contribution >= 4 is 12.4 Å². The Hall–Kier alpha value is -1.39. The van der Waals surface area contributed by atoms with E-state index in [4.69, 9.17) is 10.3 Å². The van der Waals surface area contributed by atoms with Gasteiger partial charge in [0.2, 0.25) is 5.89 Å². The molecule has 0 saturated heterocycles. The third kappa shape index (κ3) is 3.78. The van der Waals surface area contributed by atoms with Gasteiger partial charge in [0, 0.05) is 6.42 Å². The molecule has 0 amide bonds. The third-order valence-electron chi connectivity index (χ3n) is 3.27. The molecule has 1 fully saturated rings. The van der Waals surface area contributed by atoms with Gasteiger partial charge >= 0.3 is 0 Å². The van der Waals surface area contributed by atoms with Crippen LogP contribution in [0.4, 0.5) is 0 Å². The van der Waals surface area contributed by atoms with Gasteiger partial charge in [-0.25, -0.2) is 0 Å². The third-order valence-corrected chi connectivity index (χ3v) is 3.27. The molecule has 0 unspecified atom stereocenters. The summed E-state index contributed by atoms with van der Waals surface area (Å²) < 4.78 is 5.24. The molecule has 3 rings (SSSR count). The molecule has 0 spiro atoms. The van der Waals surface area contributed by atoms with E-state index >= 15 is 0 Å². The molecule has 2 N–H and O–H groups in total. The van der Waals surface area contributed by atoms with Gasteiger partial charge in [-0.05, 0) is 30.7 Å². The minimum Gasteiger partial charge on any atom is -0.338 e. The van der Waals surface area contributed by atoms with Gasteiger partial charge in [0.1, 0.15) is 0 Å². The summed E-state index contributed by atoms with van der Waals surface area (Å²) in [6, 6.07) is 9.91. The Kier molecular flexibility index (Phi) is 4.56. The highest BCUT2D eigenvalue weighted by molar-refractivity contribution is 5.85. The number of benzene rings is 1. The maximum absolute atomic E-state index is 6.09. The quantitative estimate of drug-likeness (QED) is 0.914. The average molecular weight is 280 g/mol. The van der Waals surface area contributed by atoms with Crippen LogP contribution >= 0.6 is 12.4 Å². The summed E-state index contributed by atoms with van der Waals surface area (Å²) >= 11 is 0. The summed E-state index contributed by atoms with van der Waals surface area (Å²) in [5.74, 6) is 2.12. The number of nitrogens with two attached hydrogens (primary N) is 1. The second kappa shape index (κ2) is 6.17. The second-order valence-corrected chi connectivity index (χ2v) is 4.99. The molecule has 1 atom stereocenters. The van der Waals surface area contributed by atoms with E-state index in [1.54, 1.807) is 0 Å². The van der Waals surface area contributed by atoms with Crippen LogP contribution in [0, 0.1) is 5.92 Å². The van der Waals surface area contributed by atoms with Gasteiger partial charge in [-0.3, -0.25) is 0 Å². The molecule has 0 aliphatic heterocycles. The van der Waals surface area contributed by atoms with Crippen LogP contribution in [0.15, 0.2) is 34.9 Å². The van der Waals surface area contributed by atoms with Crippen LogP contribution < -0.4 is 5.73 Å². The molecule has 1 aromatic carbocycles. The predicted octanol–water partition coefficient (Wildman–Crippen LogP) is 2.69. The first-order valence-corrected chi connectivity index (χ1v) is 6.43. The highest BCUT2D eigenvalue weighted by Crippen LogP contribution is 2.31. The lowest BCUT2D eigenvalue weighted by molar-refractivity contribution is 0.349. The minimum absolute atomic E-state index is 0. The lowest BCUT2D eigenvalue weighted by Gasteiger charge is -2.05. The van der Waals surface area contributed by atoms with E-state index in [1.165, 1.54) is 18.4 Å². The van der Waals surface area contributed by atoms with Crippen LogP contribution in [0.5, 0.6) is 0 Å². The van der Waals surface area contributed by atoms with Crippen LogP contribution in [0.3, 0.4) is 0 Å². The zero-order valence-electron chi connectivity index (χ0n) is 10.7. The van der Waals surface area contributed by atoms with Gasteiger partial charge in [0.05, 0.1) is 6.04 Å². The Morgan fingerprint density at radius 2 is 2.00 bits per heavy atom. The van der Waals surface area contributed by atoms with Gasteiger partial charge in [-0.1, -0.05) is 35.5 Å². The summed E-state index contributed by atoms with van der Waals surface area (Å²) in [7, 11) is 0. The van der Waals surface area contributed by atoms with E-state index in [-0.39, 0.29) is 18.4 Å². The lowest BCUT2D eigenvalue weighted by Crippen LogP contribution is -2.13. The summed E-state index contributed by atoms with van der Waals surface area (Å²) in [6.07, 6.45) is 4.24. The maximum atomic E-state index is 6.09. The molecular formula is C14H18ClN3O. The SMILES string of the molecule is Cl.N[C@@H](Cc1ccccc1)c1nc(CC2CC2)no1. The summed E-state index contributed by atoms with van der Waals surface area (Å²) in [6.45, 7) is 0. The molecule has 1 aromatic heterocycles. The number of hydrogen-bond donors (Lipinski definition) is 1. The zero-order chi connectivity index (χ0) is 12.4. The highest BCUT2D eigenvalue weighted by atomic mass is 35.5. The summed E-state index contributed by atoms with van der Waals surface area (Å²) in [4.78, 5) is 4.38. The monoisotopic (exact) mass is 279 g/mol. The van der Waals surface area contributed by atoms with Crippen LogP contribution in [-0.2, 0) is 12.8 Å². The first-order valence-electron chi connectivity index (χ1n) is 6.43. The molecule has 0 bridgehead atoms. The number of aromatic nitrogens is 2. The van der Waals surface area contributed by atoms with Gasteiger partial charge < -0.3 is 10.3 Å². The van der Waals surface area contributed by atoms with Crippen molar-refractivity contribution in [1.82, 2.24) is 10.1 Å². The van der Waals surface area contributed by atoms with Crippen molar-refractivity contribution in [3.05, 3.63) is 47.6 Å². The van der Waals surface area contributed by atoms with Crippen molar-refractivity contribution < 1.29 is 4.52 Å². The largest absolute Gasteiger partial charge is 0.338 e. The topological polar surface area (TPSA) is 64.9 Å². The molecule has 19 heavy (non-hydrogen) atoms. The van der Waals surface area contributed by atoms with Crippen molar-refractivity contribution in [3.8, 4) is 0 Å². The van der Waals surface area contributed by atoms with Gasteiger partial charge in [-0.15, -0.1) is 12.4 Å². The fourth-order valence-corrected chi connectivity index (χ4v) is 2.04. The molecule has 1 saturated carbocycles. The molecular weight excluding hydrogens is 262 g/mol. The van der Waals surface area contributed by atoms with Crippen molar-refractivity contribution in [2.24, 2.45) is 11.7 Å². The van der Waals surface area contributed by atoms with Gasteiger partial charge in [0.15, 0.2) is 5.82 Å². The Morgan fingerprint density at radius 3 is 2.68 bits per heavy atom. The fraction of sp³-hybridized carbons (Fsp3) is 0.429. The van der Waals surface area contributed by atoms with Crippen molar-refractivity contribution in [2.45, 2.75) is 31.7 Å². The van der Waals surface area contributed by atoms with E-state index < -0.39 is 0 Å². The molecule has 0 radical (unpaired) electrons. The molecule has 1 aliphatic carbocycles. The number of halogens is 1. The van der Waals surface area contributed by atoms with E-state index in [9.17, 15) is 0 Å². The molecule has 1 aliphatic rings. The van der Waals surface area contributed by atoms with Crippen LogP contribution in [0.1, 0.15) is 36.2 Å². The summed E-state index contributed by atoms with van der Waals surface area (Å²) in [5, 5.41) is 3.99. The molecule has 2 aromatic rings. The van der Waals surface area contributed by atoms with E-state index in [1.807, 2.05) is 18.2 Å². The second-order valence-electron chi connectivity index (χ2n) is 4.99. The lowest BCUT2D eigenvalue weighted by atomic mass is 10.1. The molecule has 1 heterocycles. The standard InChI is InChI=1S/C14H17N3O.ClH/c15-12(8-10-4-2-1-3-5-10)14-16-13(17-18-14)9-11-6-7-11;/h1-5,11-12H,6-9,15H2;1H/t12-;/m0./s1. The Morgan fingerprint density at radius 1 is 1.26 bits per heavy atom. The normalized spacial score (nSPS) is 15.8. The van der Waals surface area contributed by atoms with Crippen molar-refractivity contribution in [3.63, 3.8) is 0 Å². The molecule has 102 valence electrons. The number of hydrogen-bond acceptors (Lipinski definition) is 4. The fourth-order valence-electron chi connectivity index (χ4n) is 2.04. The van der Waals surface area contributed by atoms with Gasteiger partial charge in [-0.2, -0.15) is 4.98 Å². The Bertz CT molecular complexity index is 510. The van der Waals surface area contributed by atoms with E-state index in [0.29, 0.717) is 5.89 Å².